The van der Waals surface area contributed by atoms with Crippen LogP contribution in [0.1, 0.15) is 49.2 Å². The molecule has 7 heteroatoms. The van der Waals surface area contributed by atoms with Crippen LogP contribution in [0.3, 0.4) is 0 Å². The Bertz CT molecular complexity index is 792. The van der Waals surface area contributed by atoms with Gasteiger partial charge in [-0.25, -0.2) is 5.43 Å². The van der Waals surface area contributed by atoms with E-state index in [0.717, 1.165) is 25.9 Å². The Morgan fingerprint density at radius 3 is 2.47 bits per heavy atom. The summed E-state index contributed by atoms with van der Waals surface area (Å²) in [6.45, 7) is 6.23. The molecular formula is C23H31N5O2. The highest BCUT2D eigenvalue weighted by molar-refractivity contribution is 5.94. The van der Waals surface area contributed by atoms with Crippen molar-refractivity contribution in [3.05, 3.63) is 66.0 Å². The number of hydrogen-bond donors (Lipinski definition) is 2. The summed E-state index contributed by atoms with van der Waals surface area (Å²) in [7, 11) is 0. The smallest absolute Gasteiger partial charge is 0.257 e. The second-order valence-electron chi connectivity index (χ2n) is 6.84. The zero-order valence-corrected chi connectivity index (χ0v) is 17.8. The van der Waals surface area contributed by atoms with Crippen LogP contribution in [0.2, 0.25) is 0 Å². The third-order valence-electron chi connectivity index (χ3n) is 4.84. The van der Waals surface area contributed by atoms with Gasteiger partial charge in [0.1, 0.15) is 0 Å². The highest BCUT2D eigenvalue weighted by Crippen LogP contribution is 2.09. The maximum atomic E-state index is 12.7. The van der Waals surface area contributed by atoms with Crippen LogP contribution in [0, 0.1) is 0 Å². The SMILES string of the molecule is CCN(CC)[C@H](CCCCNC(=O)c1ccccc1)C(=O)N/N=C/c1ccccn1. The summed E-state index contributed by atoms with van der Waals surface area (Å²) < 4.78 is 0. The van der Waals surface area contributed by atoms with Gasteiger partial charge < -0.3 is 5.32 Å². The molecule has 0 aliphatic heterocycles. The van der Waals surface area contributed by atoms with Crippen molar-refractivity contribution in [1.29, 1.82) is 0 Å². The molecule has 160 valence electrons. The molecule has 0 radical (unpaired) electrons. The van der Waals surface area contributed by atoms with E-state index < -0.39 is 0 Å². The van der Waals surface area contributed by atoms with Gasteiger partial charge in [-0.1, -0.05) is 38.1 Å². The van der Waals surface area contributed by atoms with Crippen molar-refractivity contribution >= 4 is 18.0 Å². The molecular weight excluding hydrogens is 378 g/mol. The Kier molecular flexibility index (Phi) is 10.2. The third-order valence-corrected chi connectivity index (χ3v) is 4.84. The minimum atomic E-state index is -0.259. The lowest BCUT2D eigenvalue weighted by atomic mass is 10.1. The van der Waals surface area contributed by atoms with Crippen LogP contribution < -0.4 is 10.7 Å². The molecule has 2 amide bonds. The molecule has 0 saturated carbocycles. The maximum Gasteiger partial charge on any atom is 0.257 e. The van der Waals surface area contributed by atoms with Crippen LogP contribution in [-0.2, 0) is 4.79 Å². The molecule has 2 rings (SSSR count). The zero-order valence-electron chi connectivity index (χ0n) is 17.8. The van der Waals surface area contributed by atoms with E-state index in [2.05, 4.69) is 25.7 Å². The molecule has 0 aliphatic rings. The predicted molar refractivity (Wildman–Crippen MR) is 119 cm³/mol. The largest absolute Gasteiger partial charge is 0.352 e. The summed E-state index contributed by atoms with van der Waals surface area (Å²) in [6, 6.07) is 14.4. The molecule has 0 fully saturated rings. The highest BCUT2D eigenvalue weighted by atomic mass is 16.2. The van der Waals surface area contributed by atoms with Crippen molar-refractivity contribution in [2.45, 2.75) is 39.2 Å². The van der Waals surface area contributed by atoms with E-state index in [1.165, 1.54) is 6.21 Å². The fourth-order valence-corrected chi connectivity index (χ4v) is 3.19. The fourth-order valence-electron chi connectivity index (χ4n) is 3.19. The second-order valence-corrected chi connectivity index (χ2v) is 6.84. The number of nitrogens with zero attached hydrogens (tertiary/aromatic N) is 3. The third kappa shape index (κ3) is 7.75. The topological polar surface area (TPSA) is 86.7 Å². The summed E-state index contributed by atoms with van der Waals surface area (Å²) in [6.07, 6.45) is 5.55. The summed E-state index contributed by atoms with van der Waals surface area (Å²) in [5.41, 5.74) is 3.98. The monoisotopic (exact) mass is 409 g/mol. The normalized spacial score (nSPS) is 12.1. The van der Waals surface area contributed by atoms with Crippen molar-refractivity contribution in [2.24, 2.45) is 5.10 Å². The number of pyridine rings is 1. The van der Waals surface area contributed by atoms with Gasteiger partial charge in [-0.2, -0.15) is 5.10 Å². The van der Waals surface area contributed by atoms with Gasteiger partial charge in [0.25, 0.3) is 11.8 Å². The molecule has 0 bridgehead atoms. The number of hydrogen-bond acceptors (Lipinski definition) is 5. The second kappa shape index (κ2) is 13.2. The molecule has 1 aromatic heterocycles. The first-order valence-electron chi connectivity index (χ1n) is 10.5. The standard InChI is InChI=1S/C23H31N5O2/c1-3-28(4-2)21(23(30)27-26-18-20-14-8-10-16-24-20)15-9-11-17-25-22(29)19-12-6-5-7-13-19/h5-8,10,12-14,16,18,21H,3-4,9,11,15,17H2,1-2H3,(H,25,29)(H,27,30)/b26-18+/t21-/m1/s1. The first kappa shape index (κ1) is 23.2. The number of aromatic nitrogens is 1. The Morgan fingerprint density at radius 2 is 1.80 bits per heavy atom. The number of likely N-dealkylation sites (N-methyl/N-ethyl adjacent to an activating group) is 1. The van der Waals surface area contributed by atoms with Gasteiger partial charge >= 0.3 is 0 Å². The predicted octanol–water partition coefficient (Wildman–Crippen LogP) is 2.84. The molecule has 1 atom stereocenters. The van der Waals surface area contributed by atoms with Crippen molar-refractivity contribution < 1.29 is 9.59 Å². The molecule has 0 spiro atoms. The first-order chi connectivity index (χ1) is 14.7. The number of rotatable bonds is 12. The Balaban J connectivity index is 1.80. The van der Waals surface area contributed by atoms with Crippen molar-refractivity contribution in [3.8, 4) is 0 Å². The van der Waals surface area contributed by atoms with Crippen LogP contribution in [0.25, 0.3) is 0 Å². The van der Waals surface area contributed by atoms with Crippen LogP contribution in [0.15, 0.2) is 59.8 Å². The molecule has 30 heavy (non-hydrogen) atoms. The number of unbranched alkanes of at least 4 members (excludes halogenated alkanes) is 1. The lowest BCUT2D eigenvalue weighted by Crippen LogP contribution is -2.45. The van der Waals surface area contributed by atoms with Gasteiger partial charge in [0.05, 0.1) is 18.0 Å². The maximum absolute atomic E-state index is 12.7. The van der Waals surface area contributed by atoms with E-state index in [1.807, 2.05) is 50.2 Å². The lowest BCUT2D eigenvalue weighted by molar-refractivity contribution is -0.126. The van der Waals surface area contributed by atoms with E-state index in [9.17, 15) is 9.59 Å². The Morgan fingerprint density at radius 1 is 1.07 bits per heavy atom. The highest BCUT2D eigenvalue weighted by Gasteiger charge is 2.23. The number of carbonyl (C=O) groups excluding carboxylic acids is 2. The average molecular weight is 410 g/mol. The first-order valence-corrected chi connectivity index (χ1v) is 10.5. The van der Waals surface area contributed by atoms with Gasteiger partial charge in [-0.05, 0) is 56.6 Å². The summed E-state index contributed by atoms with van der Waals surface area (Å²) >= 11 is 0. The molecule has 0 aliphatic carbocycles. The van der Waals surface area contributed by atoms with Gasteiger partial charge in [-0.3, -0.25) is 19.5 Å². The summed E-state index contributed by atoms with van der Waals surface area (Å²) in [4.78, 5) is 31.0. The Hall–Kier alpha value is -3.06. The van der Waals surface area contributed by atoms with Gasteiger partial charge in [0.15, 0.2) is 0 Å². The van der Waals surface area contributed by atoms with Gasteiger partial charge in [-0.15, -0.1) is 0 Å². The van der Waals surface area contributed by atoms with Crippen LogP contribution in [-0.4, -0.2) is 53.6 Å². The van der Waals surface area contributed by atoms with Crippen molar-refractivity contribution in [1.82, 2.24) is 20.6 Å². The summed E-state index contributed by atoms with van der Waals surface area (Å²) in [5.74, 6) is -0.198. The van der Waals surface area contributed by atoms with E-state index in [-0.39, 0.29) is 17.9 Å². The van der Waals surface area contributed by atoms with Gasteiger partial charge in [0.2, 0.25) is 0 Å². The fraction of sp³-hybridized carbons (Fsp3) is 0.391. The summed E-state index contributed by atoms with van der Waals surface area (Å²) in [5, 5.41) is 6.97. The molecule has 0 saturated heterocycles. The quantitative estimate of drug-likeness (QED) is 0.321. The van der Waals surface area contributed by atoms with E-state index in [4.69, 9.17) is 0 Å². The molecule has 1 aromatic carbocycles. The van der Waals surface area contributed by atoms with E-state index in [1.54, 1.807) is 18.3 Å². The number of nitrogens with one attached hydrogen (secondary N) is 2. The number of carbonyl (C=O) groups is 2. The lowest BCUT2D eigenvalue weighted by Gasteiger charge is -2.27. The molecule has 1 heterocycles. The van der Waals surface area contributed by atoms with Crippen molar-refractivity contribution in [3.63, 3.8) is 0 Å². The zero-order chi connectivity index (χ0) is 21.6. The Labute approximate surface area is 178 Å². The van der Waals surface area contributed by atoms with Gasteiger partial charge in [0, 0.05) is 18.3 Å². The average Bonchev–Trinajstić information content (AvgIpc) is 2.79. The van der Waals surface area contributed by atoms with Crippen LogP contribution in [0.5, 0.6) is 0 Å². The number of hydrazone groups is 1. The molecule has 2 aromatic rings. The minimum absolute atomic E-state index is 0.0718. The molecule has 7 nitrogen and oxygen atoms in total. The van der Waals surface area contributed by atoms with Crippen molar-refractivity contribution in [2.75, 3.05) is 19.6 Å². The molecule has 2 N–H and O–H groups in total. The molecule has 0 unspecified atom stereocenters. The van der Waals surface area contributed by atoms with Crippen LogP contribution >= 0.6 is 0 Å². The number of benzene rings is 1. The number of amides is 2. The van der Waals surface area contributed by atoms with E-state index in [0.29, 0.717) is 24.2 Å². The minimum Gasteiger partial charge on any atom is -0.352 e. The van der Waals surface area contributed by atoms with E-state index >= 15 is 0 Å². The van der Waals surface area contributed by atoms with Crippen LogP contribution in [0.4, 0.5) is 0 Å².